The molecule has 9 nitrogen and oxygen atoms in total. The fraction of sp³-hybridized carbons (Fsp3) is 0.438. The van der Waals surface area contributed by atoms with Gasteiger partial charge in [-0.15, -0.1) is 0 Å². The lowest BCUT2D eigenvalue weighted by molar-refractivity contribution is -0.123. The number of amides is 3. The van der Waals surface area contributed by atoms with Crippen molar-refractivity contribution in [2.75, 3.05) is 6.61 Å². The maximum absolute atomic E-state index is 12.1. The molecule has 1 aromatic rings. The predicted octanol–water partition coefficient (Wildman–Crippen LogP) is 0.518. The number of rotatable bonds is 7. The second-order valence-corrected chi connectivity index (χ2v) is 7.89. The van der Waals surface area contributed by atoms with Crippen LogP contribution in [0.1, 0.15) is 37.0 Å². The summed E-state index contributed by atoms with van der Waals surface area (Å²) in [5, 5.41) is 4.60. The molecule has 10 heteroatoms. The van der Waals surface area contributed by atoms with Crippen molar-refractivity contribution >= 4 is 27.9 Å². The van der Waals surface area contributed by atoms with Crippen molar-refractivity contribution in [3.8, 4) is 0 Å². The largest absolute Gasteiger partial charge is 0.452 e. The zero-order valence-electron chi connectivity index (χ0n) is 14.4. The quantitative estimate of drug-likeness (QED) is 0.588. The van der Waals surface area contributed by atoms with Gasteiger partial charge in [-0.25, -0.2) is 22.7 Å². The number of imide groups is 1. The molecular weight excluding hydrogens is 362 g/mol. The van der Waals surface area contributed by atoms with E-state index in [1.54, 1.807) is 13.8 Å². The number of ether oxygens (including phenoxy) is 1. The molecule has 0 radical (unpaired) electrons. The third-order valence-corrected chi connectivity index (χ3v) is 4.93. The molecule has 3 N–H and O–H groups in total. The molecule has 1 aromatic carbocycles. The SMILES string of the molecule is CC(C)NS(=O)(=O)c1cccc(C(=O)OCC(=O)NC(=O)NC2CC2)c1. The van der Waals surface area contributed by atoms with E-state index in [-0.39, 0.29) is 22.5 Å². The number of hydrogen-bond donors (Lipinski definition) is 3. The number of hydrogen-bond acceptors (Lipinski definition) is 6. The van der Waals surface area contributed by atoms with E-state index in [9.17, 15) is 22.8 Å². The van der Waals surface area contributed by atoms with Crippen LogP contribution in [0.3, 0.4) is 0 Å². The highest BCUT2D eigenvalue weighted by molar-refractivity contribution is 7.89. The molecule has 0 bridgehead atoms. The van der Waals surface area contributed by atoms with Crippen molar-refractivity contribution in [2.45, 2.75) is 43.7 Å². The highest BCUT2D eigenvalue weighted by Crippen LogP contribution is 2.18. The van der Waals surface area contributed by atoms with Crippen LogP contribution in [0.4, 0.5) is 4.79 Å². The fourth-order valence-electron chi connectivity index (χ4n) is 1.99. The Kier molecular flexibility index (Phi) is 6.32. The number of nitrogens with one attached hydrogen (secondary N) is 3. The zero-order chi connectivity index (χ0) is 19.3. The molecule has 2 rings (SSSR count). The van der Waals surface area contributed by atoms with E-state index in [1.165, 1.54) is 18.2 Å². The summed E-state index contributed by atoms with van der Waals surface area (Å²) in [7, 11) is -3.76. The number of benzene rings is 1. The van der Waals surface area contributed by atoms with Gasteiger partial charge in [-0.05, 0) is 44.9 Å². The average molecular weight is 383 g/mol. The summed E-state index contributed by atoms with van der Waals surface area (Å²) in [5.74, 6) is -1.65. The first-order valence-electron chi connectivity index (χ1n) is 8.07. The molecule has 1 aliphatic carbocycles. The number of carbonyl (C=O) groups is 3. The minimum Gasteiger partial charge on any atom is -0.452 e. The van der Waals surface area contributed by atoms with Crippen LogP contribution in [-0.2, 0) is 19.6 Å². The van der Waals surface area contributed by atoms with E-state index in [1.807, 2.05) is 5.32 Å². The molecule has 0 atom stereocenters. The summed E-state index contributed by atoms with van der Waals surface area (Å²) in [4.78, 5) is 34.9. The predicted molar refractivity (Wildman–Crippen MR) is 91.9 cm³/mol. The summed E-state index contributed by atoms with van der Waals surface area (Å²) in [5.41, 5.74) is -0.0214. The lowest BCUT2D eigenvalue weighted by Gasteiger charge is -2.10. The van der Waals surface area contributed by atoms with Crippen LogP contribution >= 0.6 is 0 Å². The Hall–Kier alpha value is -2.46. The molecule has 0 aliphatic heterocycles. The van der Waals surface area contributed by atoms with Crippen LogP contribution in [-0.4, -0.2) is 45.0 Å². The number of carbonyl (C=O) groups excluding carboxylic acids is 3. The minimum absolute atomic E-state index is 0.0214. The van der Waals surface area contributed by atoms with Gasteiger partial charge >= 0.3 is 12.0 Å². The average Bonchev–Trinajstić information content (AvgIpc) is 3.35. The second-order valence-electron chi connectivity index (χ2n) is 6.18. The Morgan fingerprint density at radius 2 is 1.92 bits per heavy atom. The van der Waals surface area contributed by atoms with E-state index in [4.69, 9.17) is 4.74 Å². The van der Waals surface area contributed by atoms with Gasteiger partial charge in [0.1, 0.15) is 0 Å². The van der Waals surface area contributed by atoms with Crippen molar-refractivity contribution in [1.82, 2.24) is 15.4 Å². The maximum atomic E-state index is 12.1. The van der Waals surface area contributed by atoms with Gasteiger partial charge in [0.15, 0.2) is 6.61 Å². The molecule has 0 saturated heterocycles. The van der Waals surface area contributed by atoms with Gasteiger partial charge in [0.2, 0.25) is 10.0 Å². The number of esters is 1. The minimum atomic E-state index is -3.76. The highest BCUT2D eigenvalue weighted by Gasteiger charge is 2.24. The Balaban J connectivity index is 1.91. The first-order valence-corrected chi connectivity index (χ1v) is 9.55. The van der Waals surface area contributed by atoms with Crippen LogP contribution in [0, 0.1) is 0 Å². The highest BCUT2D eigenvalue weighted by atomic mass is 32.2. The topological polar surface area (TPSA) is 131 Å². The molecule has 142 valence electrons. The molecule has 0 spiro atoms. The van der Waals surface area contributed by atoms with Crippen LogP contribution in [0.2, 0.25) is 0 Å². The van der Waals surface area contributed by atoms with Gasteiger partial charge in [-0.3, -0.25) is 10.1 Å². The van der Waals surface area contributed by atoms with Crippen LogP contribution in [0.25, 0.3) is 0 Å². The molecule has 1 fully saturated rings. The zero-order valence-corrected chi connectivity index (χ0v) is 15.3. The standard InChI is InChI=1S/C16H21N3O6S/c1-10(2)19-26(23,24)13-5-3-4-11(8-13)15(21)25-9-14(20)18-16(22)17-12-6-7-12/h3-5,8,10,12,19H,6-7,9H2,1-2H3,(H2,17,18,20,22). The summed E-state index contributed by atoms with van der Waals surface area (Å²) >= 11 is 0. The normalized spacial score (nSPS) is 14.0. The molecule has 0 unspecified atom stereocenters. The number of urea groups is 1. The molecule has 0 heterocycles. The van der Waals surface area contributed by atoms with Gasteiger partial charge in [-0.2, -0.15) is 0 Å². The Morgan fingerprint density at radius 3 is 2.54 bits per heavy atom. The van der Waals surface area contributed by atoms with E-state index in [2.05, 4.69) is 10.0 Å². The Labute approximate surface area is 151 Å². The van der Waals surface area contributed by atoms with Gasteiger partial charge in [0.25, 0.3) is 5.91 Å². The molecular formula is C16H21N3O6S. The van der Waals surface area contributed by atoms with Gasteiger partial charge in [0.05, 0.1) is 10.5 Å². The summed E-state index contributed by atoms with van der Waals surface area (Å²) in [6.45, 7) is 2.69. The van der Waals surface area contributed by atoms with Crippen molar-refractivity contribution in [1.29, 1.82) is 0 Å². The van der Waals surface area contributed by atoms with Crippen molar-refractivity contribution < 1.29 is 27.5 Å². The van der Waals surface area contributed by atoms with Crippen molar-refractivity contribution in [3.63, 3.8) is 0 Å². The Bertz CT molecular complexity index is 802. The second kappa shape index (κ2) is 8.28. The number of sulfonamides is 1. The van der Waals surface area contributed by atoms with Crippen LogP contribution < -0.4 is 15.4 Å². The van der Waals surface area contributed by atoms with Gasteiger partial charge < -0.3 is 10.1 Å². The fourth-order valence-corrected chi connectivity index (χ4v) is 3.29. The van der Waals surface area contributed by atoms with Gasteiger partial charge in [0, 0.05) is 12.1 Å². The van der Waals surface area contributed by atoms with Crippen molar-refractivity contribution in [3.05, 3.63) is 29.8 Å². The molecule has 26 heavy (non-hydrogen) atoms. The molecule has 1 aliphatic rings. The van der Waals surface area contributed by atoms with E-state index < -0.39 is 34.5 Å². The molecule has 0 aromatic heterocycles. The summed E-state index contributed by atoms with van der Waals surface area (Å²) in [6.07, 6.45) is 1.75. The lowest BCUT2D eigenvalue weighted by Crippen LogP contribution is -2.42. The van der Waals surface area contributed by atoms with Crippen LogP contribution in [0.15, 0.2) is 29.2 Å². The summed E-state index contributed by atoms with van der Waals surface area (Å²) in [6, 6.07) is 4.42. The first-order chi connectivity index (χ1) is 12.2. The third-order valence-electron chi connectivity index (χ3n) is 3.27. The van der Waals surface area contributed by atoms with Gasteiger partial charge in [-0.1, -0.05) is 6.07 Å². The third kappa shape index (κ3) is 6.12. The first kappa shape index (κ1) is 19.9. The van der Waals surface area contributed by atoms with E-state index >= 15 is 0 Å². The smallest absolute Gasteiger partial charge is 0.338 e. The molecule has 3 amide bonds. The van der Waals surface area contributed by atoms with Crippen molar-refractivity contribution in [2.24, 2.45) is 0 Å². The monoisotopic (exact) mass is 383 g/mol. The van der Waals surface area contributed by atoms with E-state index in [0.717, 1.165) is 18.9 Å². The lowest BCUT2D eigenvalue weighted by atomic mass is 10.2. The van der Waals surface area contributed by atoms with E-state index in [0.29, 0.717) is 0 Å². The maximum Gasteiger partial charge on any atom is 0.338 e. The summed E-state index contributed by atoms with van der Waals surface area (Å²) < 4.78 is 31.5. The Morgan fingerprint density at radius 1 is 1.23 bits per heavy atom. The van der Waals surface area contributed by atoms with Crippen LogP contribution in [0.5, 0.6) is 0 Å². The molecule has 1 saturated carbocycles.